The van der Waals surface area contributed by atoms with Crippen molar-refractivity contribution in [2.45, 2.75) is 0 Å². The van der Waals surface area contributed by atoms with Gasteiger partial charge < -0.3 is 15.2 Å². The van der Waals surface area contributed by atoms with E-state index in [0.29, 0.717) is 15.9 Å². The molecule has 2 rings (SSSR count). The summed E-state index contributed by atoms with van der Waals surface area (Å²) in [7, 11) is 1.41. The fourth-order valence-electron chi connectivity index (χ4n) is 1.99. The maximum Gasteiger partial charge on any atom is 0.336 e. The minimum Gasteiger partial charge on any atom is -0.495 e. The maximum absolute atomic E-state index is 12.4. The van der Waals surface area contributed by atoms with Gasteiger partial charge in [-0.25, -0.2) is 4.79 Å². The lowest BCUT2D eigenvalue weighted by Crippen LogP contribution is -2.17. The number of nitrogens with zero attached hydrogens (tertiary/aromatic N) is 1. The van der Waals surface area contributed by atoms with Gasteiger partial charge in [-0.2, -0.15) is 0 Å². The Bertz CT molecular complexity index is 837. The van der Waals surface area contributed by atoms with E-state index < -0.39 is 16.8 Å². The van der Waals surface area contributed by atoms with E-state index in [1.807, 2.05) is 0 Å². The van der Waals surface area contributed by atoms with Crippen molar-refractivity contribution in [1.29, 1.82) is 0 Å². The van der Waals surface area contributed by atoms with E-state index in [4.69, 9.17) is 4.74 Å². The van der Waals surface area contributed by atoms with Gasteiger partial charge in [0.2, 0.25) is 0 Å². The molecule has 2 aromatic carbocycles. The molecule has 2 aromatic rings. The second-order valence-corrected chi connectivity index (χ2v) is 5.51. The molecular formula is C15H11BrN2O6. The van der Waals surface area contributed by atoms with Crippen molar-refractivity contribution >= 4 is 39.2 Å². The molecule has 0 aliphatic rings. The quantitative estimate of drug-likeness (QED) is 0.592. The summed E-state index contributed by atoms with van der Waals surface area (Å²) in [4.78, 5) is 33.8. The molecule has 8 nitrogen and oxygen atoms in total. The van der Waals surface area contributed by atoms with Crippen LogP contribution >= 0.6 is 15.9 Å². The maximum atomic E-state index is 12.4. The summed E-state index contributed by atoms with van der Waals surface area (Å²) in [6.45, 7) is 0. The first-order chi connectivity index (χ1) is 11.3. The topological polar surface area (TPSA) is 119 Å². The molecular weight excluding hydrogens is 384 g/mol. The molecule has 0 heterocycles. The molecule has 0 unspecified atom stereocenters. The van der Waals surface area contributed by atoms with Crippen molar-refractivity contribution in [2.24, 2.45) is 0 Å². The molecule has 0 bridgehead atoms. The highest BCUT2D eigenvalue weighted by molar-refractivity contribution is 9.10. The Balaban J connectivity index is 2.46. The number of carboxylic acid groups (broad SMARTS) is 1. The van der Waals surface area contributed by atoms with Crippen LogP contribution in [0, 0.1) is 10.1 Å². The summed E-state index contributed by atoms with van der Waals surface area (Å²) in [5.41, 5.74) is -0.753. The normalized spacial score (nSPS) is 10.1. The third-order valence-electron chi connectivity index (χ3n) is 3.10. The molecule has 0 aromatic heterocycles. The Morgan fingerprint density at radius 2 is 1.92 bits per heavy atom. The largest absolute Gasteiger partial charge is 0.495 e. The SMILES string of the molecule is COc1ccc(Br)cc1NC(=O)c1cc([N+](=O)[O-])ccc1C(=O)O. The van der Waals surface area contributed by atoms with E-state index in [2.05, 4.69) is 21.2 Å². The predicted molar refractivity (Wildman–Crippen MR) is 88.7 cm³/mol. The number of anilines is 1. The zero-order chi connectivity index (χ0) is 17.9. The fourth-order valence-corrected chi connectivity index (χ4v) is 2.35. The third kappa shape index (κ3) is 3.69. The summed E-state index contributed by atoms with van der Waals surface area (Å²) < 4.78 is 5.78. The number of halogens is 1. The Morgan fingerprint density at radius 1 is 1.21 bits per heavy atom. The van der Waals surface area contributed by atoms with E-state index in [-0.39, 0.29) is 16.8 Å². The minimum atomic E-state index is -1.36. The molecule has 2 N–H and O–H groups in total. The Labute approximate surface area is 144 Å². The van der Waals surface area contributed by atoms with Crippen molar-refractivity contribution in [3.05, 3.63) is 62.1 Å². The Morgan fingerprint density at radius 3 is 2.50 bits per heavy atom. The van der Waals surface area contributed by atoms with Gasteiger partial charge in [0.15, 0.2) is 0 Å². The van der Waals surface area contributed by atoms with Crippen molar-refractivity contribution < 1.29 is 24.4 Å². The molecule has 124 valence electrons. The molecule has 24 heavy (non-hydrogen) atoms. The van der Waals surface area contributed by atoms with Gasteiger partial charge in [-0.05, 0) is 24.3 Å². The minimum absolute atomic E-state index is 0.291. The van der Waals surface area contributed by atoms with Crippen LogP contribution in [0.4, 0.5) is 11.4 Å². The van der Waals surface area contributed by atoms with Gasteiger partial charge in [-0.3, -0.25) is 14.9 Å². The molecule has 0 fully saturated rings. The van der Waals surface area contributed by atoms with Crippen LogP contribution in [0.5, 0.6) is 5.75 Å². The van der Waals surface area contributed by atoms with E-state index in [0.717, 1.165) is 18.2 Å². The van der Waals surface area contributed by atoms with Crippen LogP contribution in [0.3, 0.4) is 0 Å². The number of amides is 1. The van der Waals surface area contributed by atoms with Crippen molar-refractivity contribution in [3.63, 3.8) is 0 Å². The third-order valence-corrected chi connectivity index (χ3v) is 3.59. The lowest BCUT2D eigenvalue weighted by molar-refractivity contribution is -0.384. The number of benzene rings is 2. The number of rotatable bonds is 5. The number of nitro benzene ring substituents is 1. The van der Waals surface area contributed by atoms with Gasteiger partial charge in [-0.1, -0.05) is 15.9 Å². The van der Waals surface area contributed by atoms with Crippen LogP contribution in [0.25, 0.3) is 0 Å². The number of hydrogen-bond acceptors (Lipinski definition) is 5. The number of carbonyl (C=O) groups is 2. The van der Waals surface area contributed by atoms with Gasteiger partial charge in [0.25, 0.3) is 11.6 Å². The number of aromatic carboxylic acids is 1. The average Bonchev–Trinajstić information content (AvgIpc) is 2.54. The van der Waals surface area contributed by atoms with Crippen LogP contribution in [-0.2, 0) is 0 Å². The number of ether oxygens (including phenoxy) is 1. The number of nitrogens with one attached hydrogen (secondary N) is 1. The summed E-state index contributed by atoms with van der Waals surface area (Å²) in [6.07, 6.45) is 0. The van der Waals surface area contributed by atoms with Gasteiger partial charge in [0.05, 0.1) is 28.8 Å². The Kier molecular flexibility index (Phi) is 5.14. The molecule has 0 spiro atoms. The number of nitro groups is 1. The first-order valence-electron chi connectivity index (χ1n) is 6.50. The van der Waals surface area contributed by atoms with Crippen molar-refractivity contribution in [1.82, 2.24) is 0 Å². The second kappa shape index (κ2) is 7.09. The van der Waals surface area contributed by atoms with Crippen LogP contribution in [0.1, 0.15) is 20.7 Å². The lowest BCUT2D eigenvalue weighted by atomic mass is 10.1. The monoisotopic (exact) mass is 394 g/mol. The molecule has 0 radical (unpaired) electrons. The number of non-ortho nitro benzene ring substituents is 1. The highest BCUT2D eigenvalue weighted by Crippen LogP contribution is 2.29. The summed E-state index contributed by atoms with van der Waals surface area (Å²) in [5.74, 6) is -1.81. The highest BCUT2D eigenvalue weighted by Gasteiger charge is 2.21. The fraction of sp³-hybridized carbons (Fsp3) is 0.0667. The molecule has 0 saturated carbocycles. The molecule has 1 amide bonds. The molecule has 0 atom stereocenters. The van der Waals surface area contributed by atoms with Crippen LogP contribution in [-0.4, -0.2) is 29.0 Å². The van der Waals surface area contributed by atoms with Gasteiger partial charge in [0.1, 0.15) is 5.75 Å². The zero-order valence-corrected chi connectivity index (χ0v) is 13.9. The van der Waals surface area contributed by atoms with Crippen LogP contribution in [0.15, 0.2) is 40.9 Å². The standard InChI is InChI=1S/C15H11BrN2O6/c1-24-13-5-2-8(16)6-12(13)17-14(19)11-7-9(18(22)23)3-4-10(11)15(20)21/h2-7H,1H3,(H,17,19)(H,20,21). The molecule has 0 aliphatic heterocycles. The molecule has 9 heteroatoms. The summed E-state index contributed by atoms with van der Waals surface area (Å²) in [5, 5.41) is 22.5. The first-order valence-corrected chi connectivity index (χ1v) is 7.29. The van der Waals surface area contributed by atoms with Crippen molar-refractivity contribution in [2.75, 3.05) is 12.4 Å². The smallest absolute Gasteiger partial charge is 0.336 e. The number of methoxy groups -OCH3 is 1. The van der Waals surface area contributed by atoms with Crippen LogP contribution < -0.4 is 10.1 Å². The number of carbonyl (C=O) groups excluding carboxylic acids is 1. The first kappa shape index (κ1) is 17.4. The number of hydrogen-bond donors (Lipinski definition) is 2. The zero-order valence-electron chi connectivity index (χ0n) is 12.3. The summed E-state index contributed by atoms with van der Waals surface area (Å²) >= 11 is 3.25. The van der Waals surface area contributed by atoms with Crippen LogP contribution in [0.2, 0.25) is 0 Å². The van der Waals surface area contributed by atoms with Gasteiger partial charge in [0, 0.05) is 16.6 Å². The van der Waals surface area contributed by atoms with E-state index in [1.165, 1.54) is 7.11 Å². The van der Waals surface area contributed by atoms with Gasteiger partial charge in [-0.15, -0.1) is 0 Å². The lowest BCUT2D eigenvalue weighted by Gasteiger charge is -2.11. The highest BCUT2D eigenvalue weighted by atomic mass is 79.9. The molecule has 0 aliphatic carbocycles. The average molecular weight is 395 g/mol. The van der Waals surface area contributed by atoms with Crippen molar-refractivity contribution in [3.8, 4) is 5.75 Å². The Hall–Kier alpha value is -2.94. The van der Waals surface area contributed by atoms with E-state index in [9.17, 15) is 24.8 Å². The van der Waals surface area contributed by atoms with Gasteiger partial charge >= 0.3 is 5.97 Å². The number of carboxylic acids is 1. The second-order valence-electron chi connectivity index (χ2n) is 4.59. The van der Waals surface area contributed by atoms with E-state index >= 15 is 0 Å². The van der Waals surface area contributed by atoms with E-state index in [1.54, 1.807) is 18.2 Å². The summed E-state index contributed by atoms with van der Waals surface area (Å²) in [6, 6.07) is 7.83. The molecule has 0 saturated heterocycles. The predicted octanol–water partition coefficient (Wildman–Crippen LogP) is 3.32.